The van der Waals surface area contributed by atoms with E-state index in [0.29, 0.717) is 16.9 Å². The second kappa shape index (κ2) is 9.28. The number of hydrogen-bond acceptors (Lipinski definition) is 3. The highest BCUT2D eigenvalue weighted by Crippen LogP contribution is 2.13. The molecule has 4 nitrogen and oxygen atoms in total. The first-order valence-corrected chi connectivity index (χ1v) is 9.79. The van der Waals surface area contributed by atoms with Crippen LogP contribution in [0, 0.1) is 5.82 Å². The summed E-state index contributed by atoms with van der Waals surface area (Å²) in [5.74, 6) is -0.912. The highest BCUT2D eigenvalue weighted by atomic mass is 32.1. The smallest absolute Gasteiger partial charge is 0.262 e. The van der Waals surface area contributed by atoms with Gasteiger partial charge < -0.3 is 10.2 Å². The minimum atomic E-state index is -0.742. The van der Waals surface area contributed by atoms with Gasteiger partial charge in [0.1, 0.15) is 11.9 Å². The van der Waals surface area contributed by atoms with Gasteiger partial charge in [0.25, 0.3) is 5.91 Å². The molecular weight excluding hydrogens is 375 g/mol. The van der Waals surface area contributed by atoms with E-state index in [-0.39, 0.29) is 24.2 Å². The summed E-state index contributed by atoms with van der Waals surface area (Å²) >= 11 is 1.32. The fourth-order valence-electron chi connectivity index (χ4n) is 2.91. The Morgan fingerprint density at radius 2 is 1.75 bits per heavy atom. The molecule has 28 heavy (non-hydrogen) atoms. The van der Waals surface area contributed by atoms with Gasteiger partial charge >= 0.3 is 0 Å². The highest BCUT2D eigenvalue weighted by Gasteiger charge is 2.25. The Bertz CT molecular complexity index is 929. The molecule has 0 saturated carbocycles. The Morgan fingerprint density at radius 3 is 2.43 bits per heavy atom. The van der Waals surface area contributed by atoms with Gasteiger partial charge in [0, 0.05) is 25.6 Å². The first-order valence-electron chi connectivity index (χ1n) is 8.91. The van der Waals surface area contributed by atoms with E-state index in [4.69, 9.17) is 0 Å². The summed E-state index contributed by atoms with van der Waals surface area (Å²) in [5, 5.41) is 4.65. The van der Waals surface area contributed by atoms with Crippen molar-refractivity contribution in [2.75, 3.05) is 7.05 Å². The summed E-state index contributed by atoms with van der Waals surface area (Å²) in [5.41, 5.74) is 1.37. The molecule has 0 radical (unpaired) electrons. The van der Waals surface area contributed by atoms with Gasteiger partial charge in [-0.2, -0.15) is 0 Å². The van der Waals surface area contributed by atoms with Crippen molar-refractivity contribution in [2.24, 2.45) is 0 Å². The number of amides is 2. The molecule has 0 aliphatic carbocycles. The zero-order chi connectivity index (χ0) is 19.9. The highest BCUT2D eigenvalue weighted by molar-refractivity contribution is 7.12. The third kappa shape index (κ3) is 5.04. The SMILES string of the molecule is CN(Cc1ccccc1F)C(=O)C(Cc1ccccc1)NC(=O)c1cccs1. The first-order chi connectivity index (χ1) is 13.5. The predicted octanol–water partition coefficient (Wildman–Crippen LogP) is 3.89. The molecule has 144 valence electrons. The average Bonchev–Trinajstić information content (AvgIpc) is 3.24. The summed E-state index contributed by atoms with van der Waals surface area (Å²) in [6.07, 6.45) is 0.360. The summed E-state index contributed by atoms with van der Waals surface area (Å²) < 4.78 is 14.0. The molecule has 1 unspecified atom stereocenters. The van der Waals surface area contributed by atoms with E-state index in [9.17, 15) is 14.0 Å². The first kappa shape index (κ1) is 19.8. The van der Waals surface area contributed by atoms with Crippen LogP contribution < -0.4 is 5.32 Å². The molecule has 0 spiro atoms. The van der Waals surface area contributed by atoms with Gasteiger partial charge in [0.05, 0.1) is 4.88 Å². The van der Waals surface area contributed by atoms with E-state index in [1.807, 2.05) is 35.7 Å². The number of thiophene rings is 1. The van der Waals surface area contributed by atoms with E-state index in [2.05, 4.69) is 5.32 Å². The minimum Gasteiger partial charge on any atom is -0.340 e. The molecular formula is C22H21FN2O2S. The molecule has 0 bridgehead atoms. The molecule has 6 heteroatoms. The number of rotatable bonds is 7. The summed E-state index contributed by atoms with van der Waals surface area (Å²) in [4.78, 5) is 27.6. The zero-order valence-corrected chi connectivity index (χ0v) is 16.3. The van der Waals surface area contributed by atoms with Crippen molar-refractivity contribution in [3.63, 3.8) is 0 Å². The molecule has 2 amide bonds. The third-order valence-electron chi connectivity index (χ3n) is 4.37. The standard InChI is InChI=1S/C22H21FN2O2S/c1-25(15-17-10-5-6-11-18(17)23)22(27)19(14-16-8-3-2-4-9-16)24-21(26)20-12-7-13-28-20/h2-13,19H,14-15H2,1H3,(H,24,26). The maximum absolute atomic E-state index is 14.0. The largest absolute Gasteiger partial charge is 0.340 e. The normalized spacial score (nSPS) is 11.6. The van der Waals surface area contributed by atoms with Crippen LogP contribution in [0.4, 0.5) is 4.39 Å². The van der Waals surface area contributed by atoms with Crippen LogP contribution >= 0.6 is 11.3 Å². The van der Waals surface area contributed by atoms with Crippen LogP contribution in [0.15, 0.2) is 72.1 Å². The lowest BCUT2D eigenvalue weighted by molar-refractivity contribution is -0.132. The zero-order valence-electron chi connectivity index (χ0n) is 15.5. The Labute approximate surface area is 167 Å². The van der Waals surface area contributed by atoms with Crippen LogP contribution in [0.2, 0.25) is 0 Å². The molecule has 3 rings (SSSR count). The monoisotopic (exact) mass is 396 g/mol. The topological polar surface area (TPSA) is 49.4 Å². The Kier molecular flexibility index (Phi) is 6.55. The number of likely N-dealkylation sites (N-methyl/N-ethyl adjacent to an activating group) is 1. The Hall–Kier alpha value is -2.99. The van der Waals surface area contributed by atoms with E-state index < -0.39 is 6.04 Å². The van der Waals surface area contributed by atoms with Crippen molar-refractivity contribution in [3.05, 3.63) is 93.9 Å². The molecule has 1 N–H and O–H groups in total. The maximum Gasteiger partial charge on any atom is 0.262 e. The van der Waals surface area contributed by atoms with Crippen LogP contribution in [0.1, 0.15) is 20.8 Å². The van der Waals surface area contributed by atoms with Crippen LogP contribution in [0.3, 0.4) is 0 Å². The van der Waals surface area contributed by atoms with Crippen molar-refractivity contribution in [3.8, 4) is 0 Å². The molecule has 1 atom stereocenters. The number of benzene rings is 2. The van der Waals surface area contributed by atoms with Crippen molar-refractivity contribution >= 4 is 23.2 Å². The second-order valence-corrected chi connectivity index (χ2v) is 7.43. The molecule has 2 aromatic carbocycles. The molecule has 1 aromatic heterocycles. The molecule has 0 fully saturated rings. The lowest BCUT2D eigenvalue weighted by Crippen LogP contribution is -2.48. The van der Waals surface area contributed by atoms with Crippen molar-refractivity contribution < 1.29 is 14.0 Å². The summed E-state index contributed by atoms with van der Waals surface area (Å²) in [6.45, 7) is 0.131. The van der Waals surface area contributed by atoms with Crippen molar-refractivity contribution in [1.82, 2.24) is 10.2 Å². The lowest BCUT2D eigenvalue weighted by atomic mass is 10.0. The van der Waals surface area contributed by atoms with E-state index in [1.54, 1.807) is 37.4 Å². The fourth-order valence-corrected chi connectivity index (χ4v) is 3.54. The van der Waals surface area contributed by atoms with Gasteiger partial charge in [0.2, 0.25) is 5.91 Å². The quantitative estimate of drug-likeness (QED) is 0.659. The van der Waals surface area contributed by atoms with Gasteiger partial charge in [-0.3, -0.25) is 9.59 Å². The van der Waals surface area contributed by atoms with Crippen LogP contribution in [0.5, 0.6) is 0 Å². The van der Waals surface area contributed by atoms with E-state index in [0.717, 1.165) is 5.56 Å². The predicted molar refractivity (Wildman–Crippen MR) is 109 cm³/mol. The van der Waals surface area contributed by atoms with Gasteiger partial charge in [-0.15, -0.1) is 11.3 Å². The van der Waals surface area contributed by atoms with Crippen molar-refractivity contribution in [2.45, 2.75) is 19.0 Å². The lowest BCUT2D eigenvalue weighted by Gasteiger charge is -2.25. The van der Waals surface area contributed by atoms with E-state index in [1.165, 1.54) is 22.3 Å². The third-order valence-corrected chi connectivity index (χ3v) is 5.24. The Morgan fingerprint density at radius 1 is 1.04 bits per heavy atom. The fraction of sp³-hybridized carbons (Fsp3) is 0.182. The van der Waals surface area contributed by atoms with Crippen LogP contribution in [-0.2, 0) is 17.8 Å². The number of hydrogen-bond donors (Lipinski definition) is 1. The van der Waals surface area contributed by atoms with Gasteiger partial charge in [-0.05, 0) is 23.1 Å². The minimum absolute atomic E-state index is 0.131. The molecule has 0 aliphatic rings. The number of halogens is 1. The summed E-state index contributed by atoms with van der Waals surface area (Å²) in [7, 11) is 1.62. The Balaban J connectivity index is 1.77. The van der Waals surface area contributed by atoms with Crippen LogP contribution in [-0.4, -0.2) is 29.8 Å². The molecule has 1 heterocycles. The molecule has 3 aromatic rings. The van der Waals surface area contributed by atoms with Crippen LogP contribution in [0.25, 0.3) is 0 Å². The summed E-state index contributed by atoms with van der Waals surface area (Å²) in [6, 6.07) is 18.6. The van der Waals surface area contributed by atoms with Gasteiger partial charge in [-0.1, -0.05) is 54.6 Å². The number of nitrogens with zero attached hydrogens (tertiary/aromatic N) is 1. The average molecular weight is 396 g/mol. The van der Waals surface area contributed by atoms with E-state index >= 15 is 0 Å². The van der Waals surface area contributed by atoms with Gasteiger partial charge in [-0.25, -0.2) is 4.39 Å². The number of carbonyl (C=O) groups excluding carboxylic acids is 2. The van der Waals surface area contributed by atoms with Gasteiger partial charge in [0.15, 0.2) is 0 Å². The number of nitrogens with one attached hydrogen (secondary N) is 1. The molecule has 0 aliphatic heterocycles. The maximum atomic E-state index is 14.0. The van der Waals surface area contributed by atoms with Crippen molar-refractivity contribution in [1.29, 1.82) is 0 Å². The number of carbonyl (C=O) groups is 2. The second-order valence-electron chi connectivity index (χ2n) is 6.48. The molecule has 0 saturated heterocycles.